The normalized spacial score (nSPS) is 22.3. The fraction of sp³-hybridized carbons (Fsp3) is 0.474. The van der Waals surface area contributed by atoms with Crippen molar-refractivity contribution in [2.75, 3.05) is 14.2 Å². The van der Waals surface area contributed by atoms with Gasteiger partial charge in [0.1, 0.15) is 5.76 Å². The molecular formula is C19H22O6. The number of phenols is 1. The van der Waals surface area contributed by atoms with Gasteiger partial charge in [-0.1, -0.05) is 13.8 Å². The maximum absolute atomic E-state index is 12.7. The standard InChI is InChI=1S/C19H22O6/c1-19(2)8-12(20)17-11(7-16(21)25-15(17)9-19)10-5-13(23-3)18(22)14(6-10)24-4/h5-6,11,22H,7-9H2,1-4H3/t11-/m1/s1. The Morgan fingerprint density at radius 1 is 1.12 bits per heavy atom. The van der Waals surface area contributed by atoms with E-state index < -0.39 is 5.92 Å². The fourth-order valence-electron chi connectivity index (χ4n) is 3.60. The Kier molecular flexibility index (Phi) is 4.22. The Morgan fingerprint density at radius 2 is 1.72 bits per heavy atom. The van der Waals surface area contributed by atoms with Gasteiger partial charge in [0.25, 0.3) is 0 Å². The molecule has 1 aliphatic heterocycles. The van der Waals surface area contributed by atoms with Crippen LogP contribution in [0.1, 0.15) is 44.6 Å². The predicted octanol–water partition coefficient (Wildman–Crippen LogP) is 3.08. The van der Waals surface area contributed by atoms with E-state index in [9.17, 15) is 14.7 Å². The molecule has 3 rings (SSSR count). The molecule has 0 radical (unpaired) electrons. The lowest BCUT2D eigenvalue weighted by Gasteiger charge is -2.36. The van der Waals surface area contributed by atoms with Gasteiger partial charge >= 0.3 is 5.97 Å². The summed E-state index contributed by atoms with van der Waals surface area (Å²) in [4.78, 5) is 24.9. The summed E-state index contributed by atoms with van der Waals surface area (Å²) in [5.41, 5.74) is 1.00. The Morgan fingerprint density at radius 3 is 2.28 bits per heavy atom. The molecule has 0 unspecified atom stereocenters. The highest BCUT2D eigenvalue weighted by atomic mass is 16.5. The van der Waals surface area contributed by atoms with E-state index in [1.54, 1.807) is 12.1 Å². The van der Waals surface area contributed by atoms with Crippen LogP contribution in [0.4, 0.5) is 0 Å². The van der Waals surface area contributed by atoms with Crippen LogP contribution in [0.2, 0.25) is 0 Å². The number of allylic oxidation sites excluding steroid dienone is 2. The Bertz CT molecular complexity index is 749. The first kappa shape index (κ1) is 17.3. The van der Waals surface area contributed by atoms with Crippen molar-refractivity contribution in [2.24, 2.45) is 5.41 Å². The molecule has 25 heavy (non-hydrogen) atoms. The first-order chi connectivity index (χ1) is 11.8. The van der Waals surface area contributed by atoms with Gasteiger partial charge in [0.15, 0.2) is 17.3 Å². The van der Waals surface area contributed by atoms with Crippen molar-refractivity contribution in [3.63, 3.8) is 0 Å². The summed E-state index contributed by atoms with van der Waals surface area (Å²) in [7, 11) is 2.87. The Hall–Kier alpha value is -2.50. The molecule has 1 atom stereocenters. The van der Waals surface area contributed by atoms with Gasteiger partial charge in [-0.2, -0.15) is 0 Å². The Balaban J connectivity index is 2.13. The number of methoxy groups -OCH3 is 2. The molecule has 0 saturated carbocycles. The third-order valence-electron chi connectivity index (χ3n) is 4.74. The van der Waals surface area contributed by atoms with Crippen LogP contribution in [0.25, 0.3) is 0 Å². The highest BCUT2D eigenvalue weighted by Crippen LogP contribution is 2.48. The molecule has 1 N–H and O–H groups in total. The molecule has 0 spiro atoms. The highest BCUT2D eigenvalue weighted by molar-refractivity contribution is 6.00. The SMILES string of the molecule is COc1cc([C@H]2CC(=O)OC3=C2C(=O)CC(C)(C)C3)cc(OC)c1O. The lowest BCUT2D eigenvalue weighted by molar-refractivity contribution is -0.142. The van der Waals surface area contributed by atoms with Crippen LogP contribution in [0.3, 0.4) is 0 Å². The smallest absolute Gasteiger partial charge is 0.311 e. The first-order valence-electron chi connectivity index (χ1n) is 8.17. The molecule has 0 saturated heterocycles. The summed E-state index contributed by atoms with van der Waals surface area (Å²) in [6.07, 6.45) is 1.02. The number of hydrogen-bond acceptors (Lipinski definition) is 6. The van der Waals surface area contributed by atoms with Crippen LogP contribution in [0.5, 0.6) is 17.2 Å². The van der Waals surface area contributed by atoms with Crippen LogP contribution in [0.15, 0.2) is 23.5 Å². The van der Waals surface area contributed by atoms with E-state index in [-0.39, 0.29) is 40.8 Å². The third kappa shape index (κ3) is 3.08. The number of Topliss-reactive ketones (excluding diaryl/α,β-unsaturated/α-hetero) is 1. The molecule has 0 bridgehead atoms. The summed E-state index contributed by atoms with van der Waals surface area (Å²) in [6.45, 7) is 3.97. The zero-order valence-corrected chi connectivity index (χ0v) is 14.8. The number of benzene rings is 1. The first-order valence-corrected chi connectivity index (χ1v) is 8.17. The minimum atomic E-state index is -0.428. The Labute approximate surface area is 146 Å². The number of esters is 1. The van der Waals surface area contributed by atoms with Crippen molar-refractivity contribution in [3.8, 4) is 17.2 Å². The number of ether oxygens (including phenoxy) is 3. The summed E-state index contributed by atoms with van der Waals surface area (Å²) in [6, 6.07) is 3.28. The molecular weight excluding hydrogens is 324 g/mol. The van der Waals surface area contributed by atoms with Crippen LogP contribution in [-0.2, 0) is 14.3 Å². The molecule has 6 heteroatoms. The second kappa shape index (κ2) is 6.10. The largest absolute Gasteiger partial charge is 0.502 e. The maximum Gasteiger partial charge on any atom is 0.311 e. The van der Waals surface area contributed by atoms with E-state index in [0.717, 1.165) is 0 Å². The minimum absolute atomic E-state index is 0.00485. The molecule has 1 aromatic rings. The van der Waals surface area contributed by atoms with Crippen LogP contribution < -0.4 is 9.47 Å². The van der Waals surface area contributed by atoms with E-state index in [0.29, 0.717) is 29.7 Å². The number of rotatable bonds is 3. The fourth-order valence-corrected chi connectivity index (χ4v) is 3.60. The van der Waals surface area contributed by atoms with Gasteiger partial charge in [0.05, 0.1) is 20.6 Å². The van der Waals surface area contributed by atoms with Gasteiger partial charge in [0.2, 0.25) is 5.75 Å². The predicted molar refractivity (Wildman–Crippen MR) is 89.7 cm³/mol. The number of ketones is 1. The molecule has 1 heterocycles. The molecule has 1 aliphatic carbocycles. The zero-order chi connectivity index (χ0) is 18.4. The number of aromatic hydroxyl groups is 1. The van der Waals surface area contributed by atoms with Crippen molar-refractivity contribution in [2.45, 2.75) is 39.0 Å². The number of hydrogen-bond donors (Lipinski definition) is 1. The van der Waals surface area contributed by atoms with Crippen molar-refractivity contribution >= 4 is 11.8 Å². The van der Waals surface area contributed by atoms with Gasteiger partial charge in [-0.3, -0.25) is 9.59 Å². The van der Waals surface area contributed by atoms with Gasteiger partial charge < -0.3 is 19.3 Å². The van der Waals surface area contributed by atoms with Crippen molar-refractivity contribution in [3.05, 3.63) is 29.0 Å². The topological polar surface area (TPSA) is 82.1 Å². The van der Waals surface area contributed by atoms with Gasteiger partial charge in [-0.15, -0.1) is 0 Å². The number of carbonyl (C=O) groups excluding carboxylic acids is 2. The molecule has 0 aromatic heterocycles. The quantitative estimate of drug-likeness (QED) is 0.847. The van der Waals surface area contributed by atoms with Crippen LogP contribution >= 0.6 is 0 Å². The van der Waals surface area contributed by atoms with Gasteiger partial charge in [-0.05, 0) is 23.1 Å². The lowest BCUT2D eigenvalue weighted by Crippen LogP contribution is -2.33. The minimum Gasteiger partial charge on any atom is -0.502 e. The van der Waals surface area contributed by atoms with E-state index in [4.69, 9.17) is 14.2 Å². The maximum atomic E-state index is 12.7. The molecule has 1 aromatic carbocycles. The summed E-state index contributed by atoms with van der Waals surface area (Å²) in [5, 5.41) is 10.1. The highest BCUT2D eigenvalue weighted by Gasteiger charge is 2.42. The molecule has 134 valence electrons. The van der Waals surface area contributed by atoms with Crippen molar-refractivity contribution < 1.29 is 28.9 Å². The van der Waals surface area contributed by atoms with Gasteiger partial charge in [-0.25, -0.2) is 0 Å². The second-order valence-corrected chi connectivity index (χ2v) is 7.28. The summed E-state index contributed by atoms with van der Waals surface area (Å²) < 4.78 is 15.8. The average molecular weight is 346 g/mol. The van der Waals surface area contributed by atoms with Gasteiger partial charge in [0, 0.05) is 24.3 Å². The molecule has 0 fully saturated rings. The summed E-state index contributed by atoms with van der Waals surface area (Å²) in [5.74, 6) is 0.0299. The molecule has 0 amide bonds. The third-order valence-corrected chi connectivity index (χ3v) is 4.74. The number of carbonyl (C=O) groups is 2. The summed E-state index contributed by atoms with van der Waals surface area (Å²) >= 11 is 0. The number of phenolic OH excluding ortho intramolecular Hbond substituents is 1. The van der Waals surface area contributed by atoms with E-state index >= 15 is 0 Å². The monoisotopic (exact) mass is 346 g/mol. The molecule has 6 nitrogen and oxygen atoms in total. The lowest BCUT2D eigenvalue weighted by atomic mass is 9.71. The van der Waals surface area contributed by atoms with E-state index in [1.807, 2.05) is 13.8 Å². The van der Waals surface area contributed by atoms with E-state index in [2.05, 4.69) is 0 Å². The van der Waals surface area contributed by atoms with Crippen LogP contribution in [-0.4, -0.2) is 31.1 Å². The van der Waals surface area contributed by atoms with E-state index in [1.165, 1.54) is 14.2 Å². The molecule has 2 aliphatic rings. The van der Waals surface area contributed by atoms with Crippen LogP contribution in [0, 0.1) is 5.41 Å². The van der Waals surface area contributed by atoms with Crippen molar-refractivity contribution in [1.82, 2.24) is 0 Å². The zero-order valence-electron chi connectivity index (χ0n) is 14.8. The average Bonchev–Trinajstić information content (AvgIpc) is 2.52. The van der Waals surface area contributed by atoms with Crippen molar-refractivity contribution in [1.29, 1.82) is 0 Å². The second-order valence-electron chi connectivity index (χ2n) is 7.28.